The maximum atomic E-state index is 12.6. The zero-order chi connectivity index (χ0) is 14.0. The molecular weight excluding hydrogens is 253 g/mol. The minimum absolute atomic E-state index is 0.495. The molecule has 1 radical (unpaired) electrons. The number of alkyl halides is 3. The van der Waals surface area contributed by atoms with Crippen LogP contribution in [-0.2, 0) is 12.7 Å². The van der Waals surface area contributed by atoms with Gasteiger partial charge in [-0.3, -0.25) is 4.90 Å². The maximum absolute atomic E-state index is 12.6. The summed E-state index contributed by atoms with van der Waals surface area (Å²) in [6.45, 7) is 2.40. The molecule has 0 aliphatic carbocycles. The molecule has 2 rings (SSSR count). The molecule has 105 valence electrons. The Bertz CT molecular complexity index is 429. The predicted molar refractivity (Wildman–Crippen MR) is 67.6 cm³/mol. The van der Waals surface area contributed by atoms with E-state index >= 15 is 0 Å². The fourth-order valence-electron chi connectivity index (χ4n) is 2.41. The number of hydrogen-bond donors (Lipinski definition) is 0. The molecule has 0 spiro atoms. The van der Waals surface area contributed by atoms with Crippen LogP contribution in [-0.4, -0.2) is 43.0 Å². The summed E-state index contributed by atoms with van der Waals surface area (Å²) >= 11 is 0. The minimum atomic E-state index is -4.29. The highest BCUT2D eigenvalue weighted by Crippen LogP contribution is 2.29. The van der Waals surface area contributed by atoms with Crippen molar-refractivity contribution in [3.8, 4) is 0 Å². The zero-order valence-corrected chi connectivity index (χ0v) is 11.2. The van der Waals surface area contributed by atoms with E-state index in [1.165, 1.54) is 6.07 Å². The molecule has 0 N–H and O–H groups in total. The van der Waals surface area contributed by atoms with Crippen molar-refractivity contribution in [1.82, 2.24) is 9.80 Å². The van der Waals surface area contributed by atoms with Crippen molar-refractivity contribution in [2.75, 3.05) is 27.2 Å². The van der Waals surface area contributed by atoms with E-state index in [4.69, 9.17) is 0 Å². The van der Waals surface area contributed by atoms with E-state index in [9.17, 15) is 13.2 Å². The highest BCUT2D eigenvalue weighted by atomic mass is 19.4. The van der Waals surface area contributed by atoms with Gasteiger partial charge in [-0.05, 0) is 50.3 Å². The van der Waals surface area contributed by atoms with E-state index < -0.39 is 11.7 Å². The van der Waals surface area contributed by atoms with Gasteiger partial charge < -0.3 is 4.90 Å². The molecule has 1 fully saturated rings. The predicted octanol–water partition coefficient (Wildman–Crippen LogP) is 2.64. The van der Waals surface area contributed by atoms with Gasteiger partial charge in [-0.15, -0.1) is 0 Å². The first-order chi connectivity index (χ1) is 8.86. The fraction of sp³-hybridized carbons (Fsp3) is 0.571. The Morgan fingerprint density at radius 1 is 1.37 bits per heavy atom. The van der Waals surface area contributed by atoms with Gasteiger partial charge in [0.2, 0.25) is 0 Å². The van der Waals surface area contributed by atoms with E-state index in [2.05, 4.69) is 15.9 Å². The Balaban J connectivity index is 2.01. The Labute approximate surface area is 111 Å². The SMILES string of the molecule is CN(C)C1CCN(Cc2c[c]cc(C(F)(F)F)c2)C1. The first kappa shape index (κ1) is 14.3. The van der Waals surface area contributed by atoms with E-state index in [-0.39, 0.29) is 0 Å². The van der Waals surface area contributed by atoms with Crippen LogP contribution in [0.5, 0.6) is 0 Å². The molecule has 1 aliphatic rings. The average molecular weight is 271 g/mol. The standard InChI is InChI=1S/C14H18F3N2/c1-18(2)13-6-7-19(10-13)9-11-4-3-5-12(8-11)14(15,16)17/h4-5,8,13H,6-7,9-10H2,1-2H3. The number of halogens is 3. The van der Waals surface area contributed by atoms with E-state index in [0.717, 1.165) is 25.6 Å². The second-order valence-corrected chi connectivity index (χ2v) is 5.27. The molecule has 1 aromatic rings. The molecule has 0 amide bonds. The van der Waals surface area contributed by atoms with Crippen molar-refractivity contribution in [1.29, 1.82) is 0 Å². The summed E-state index contributed by atoms with van der Waals surface area (Å²) in [5, 5.41) is 0. The van der Waals surface area contributed by atoms with Crippen LogP contribution in [0.1, 0.15) is 17.5 Å². The third kappa shape index (κ3) is 3.70. The zero-order valence-electron chi connectivity index (χ0n) is 11.2. The Morgan fingerprint density at radius 2 is 2.11 bits per heavy atom. The number of nitrogens with zero attached hydrogens (tertiary/aromatic N) is 2. The van der Waals surface area contributed by atoms with Gasteiger partial charge in [0, 0.05) is 25.7 Å². The van der Waals surface area contributed by atoms with Crippen molar-refractivity contribution in [3.05, 3.63) is 35.4 Å². The third-order valence-electron chi connectivity index (χ3n) is 3.56. The van der Waals surface area contributed by atoms with Crippen LogP contribution in [0.15, 0.2) is 18.2 Å². The number of likely N-dealkylation sites (N-methyl/N-ethyl adjacent to an activating group) is 1. The lowest BCUT2D eigenvalue weighted by atomic mass is 10.1. The van der Waals surface area contributed by atoms with Crippen LogP contribution < -0.4 is 0 Å². The second kappa shape index (κ2) is 5.51. The van der Waals surface area contributed by atoms with Crippen LogP contribution in [0, 0.1) is 6.07 Å². The van der Waals surface area contributed by atoms with Crippen molar-refractivity contribution >= 4 is 0 Å². The lowest BCUT2D eigenvalue weighted by Crippen LogP contribution is -2.31. The smallest absolute Gasteiger partial charge is 0.305 e. The Hall–Kier alpha value is -1.07. The minimum Gasteiger partial charge on any atom is -0.305 e. The highest BCUT2D eigenvalue weighted by molar-refractivity contribution is 5.25. The molecule has 0 aromatic heterocycles. The van der Waals surface area contributed by atoms with Crippen LogP contribution in [0.2, 0.25) is 0 Å². The van der Waals surface area contributed by atoms with Gasteiger partial charge in [0.25, 0.3) is 0 Å². The molecule has 0 saturated carbocycles. The van der Waals surface area contributed by atoms with Gasteiger partial charge in [-0.2, -0.15) is 13.2 Å². The normalized spacial score (nSPS) is 21.3. The number of benzene rings is 1. The molecule has 1 atom stereocenters. The molecule has 5 heteroatoms. The molecule has 1 unspecified atom stereocenters. The molecule has 1 heterocycles. The van der Waals surface area contributed by atoms with Gasteiger partial charge in [0.1, 0.15) is 0 Å². The van der Waals surface area contributed by atoms with Gasteiger partial charge in [-0.25, -0.2) is 0 Å². The second-order valence-electron chi connectivity index (χ2n) is 5.27. The molecule has 19 heavy (non-hydrogen) atoms. The largest absolute Gasteiger partial charge is 0.416 e. The lowest BCUT2D eigenvalue weighted by molar-refractivity contribution is -0.137. The highest BCUT2D eigenvalue weighted by Gasteiger charge is 2.31. The fourth-order valence-corrected chi connectivity index (χ4v) is 2.41. The van der Waals surface area contributed by atoms with Crippen molar-refractivity contribution in [2.45, 2.75) is 25.2 Å². The monoisotopic (exact) mass is 271 g/mol. The Morgan fingerprint density at radius 3 is 2.68 bits per heavy atom. The number of likely N-dealkylation sites (tertiary alicyclic amines) is 1. The summed E-state index contributed by atoms with van der Waals surface area (Å²) in [4.78, 5) is 4.35. The van der Waals surface area contributed by atoms with Gasteiger partial charge in [0.05, 0.1) is 5.56 Å². The number of hydrogen-bond acceptors (Lipinski definition) is 2. The number of rotatable bonds is 3. The summed E-state index contributed by atoms with van der Waals surface area (Å²) in [7, 11) is 4.07. The van der Waals surface area contributed by atoms with Gasteiger partial charge >= 0.3 is 6.18 Å². The topological polar surface area (TPSA) is 6.48 Å². The first-order valence-corrected chi connectivity index (χ1v) is 6.32. The molecule has 0 bridgehead atoms. The van der Waals surface area contributed by atoms with E-state index in [0.29, 0.717) is 18.2 Å². The van der Waals surface area contributed by atoms with Crippen LogP contribution >= 0.6 is 0 Å². The Kier molecular flexibility index (Phi) is 4.16. The maximum Gasteiger partial charge on any atom is 0.416 e. The van der Waals surface area contributed by atoms with Crippen LogP contribution in [0.4, 0.5) is 13.2 Å². The van der Waals surface area contributed by atoms with E-state index in [1.807, 2.05) is 14.1 Å². The summed E-state index contributed by atoms with van der Waals surface area (Å²) in [5.74, 6) is 0. The summed E-state index contributed by atoms with van der Waals surface area (Å²) in [6.07, 6.45) is -3.22. The van der Waals surface area contributed by atoms with Crippen LogP contribution in [0.3, 0.4) is 0 Å². The summed E-state index contributed by atoms with van der Waals surface area (Å²) in [6, 6.07) is 6.94. The molecule has 1 aliphatic heterocycles. The molecular formula is C14H18F3N2. The van der Waals surface area contributed by atoms with Crippen molar-refractivity contribution in [3.63, 3.8) is 0 Å². The van der Waals surface area contributed by atoms with Crippen molar-refractivity contribution < 1.29 is 13.2 Å². The van der Waals surface area contributed by atoms with Crippen LogP contribution in [0.25, 0.3) is 0 Å². The lowest BCUT2D eigenvalue weighted by Gasteiger charge is -2.20. The molecule has 1 saturated heterocycles. The third-order valence-corrected chi connectivity index (χ3v) is 3.56. The van der Waals surface area contributed by atoms with E-state index in [1.54, 1.807) is 6.07 Å². The summed E-state index contributed by atoms with van der Waals surface area (Å²) in [5.41, 5.74) is 0.0580. The van der Waals surface area contributed by atoms with Gasteiger partial charge in [0.15, 0.2) is 0 Å². The quantitative estimate of drug-likeness (QED) is 0.834. The summed E-state index contributed by atoms with van der Waals surface area (Å²) < 4.78 is 37.8. The first-order valence-electron chi connectivity index (χ1n) is 6.32. The molecule has 1 aromatic carbocycles. The molecule has 2 nitrogen and oxygen atoms in total. The average Bonchev–Trinajstić information content (AvgIpc) is 2.77. The van der Waals surface area contributed by atoms with Crippen molar-refractivity contribution in [2.24, 2.45) is 0 Å². The van der Waals surface area contributed by atoms with Gasteiger partial charge in [-0.1, -0.05) is 0 Å².